The fraction of sp³-hybridized carbons (Fsp3) is 0.920. The summed E-state index contributed by atoms with van der Waals surface area (Å²) in [5, 5.41) is 0. The van der Waals surface area contributed by atoms with Gasteiger partial charge in [0.15, 0.2) is 0 Å². The van der Waals surface area contributed by atoms with Gasteiger partial charge in [-0.25, -0.2) is 0 Å². The Kier molecular flexibility index (Phi) is 15.2. The Morgan fingerprint density at radius 2 is 1.39 bits per heavy atom. The predicted octanol–water partition coefficient (Wildman–Crippen LogP) is 7.52. The minimum Gasteiger partial charge on any atom is -0.381 e. The first-order valence-electron chi connectivity index (χ1n) is 12.2. The fourth-order valence-corrected chi connectivity index (χ4v) is 6.74. The van der Waals surface area contributed by atoms with Crippen molar-refractivity contribution < 1.29 is 9.47 Å². The Balaban J connectivity index is 1.85. The molecule has 0 heterocycles. The molecule has 164 valence electrons. The maximum absolute atomic E-state index is 5.67. The molecular weight excluding hydrogens is 360 g/mol. The van der Waals surface area contributed by atoms with Crippen LogP contribution < -0.4 is 0 Å². The van der Waals surface area contributed by atoms with E-state index in [4.69, 9.17) is 9.47 Å². The summed E-state index contributed by atoms with van der Waals surface area (Å²) in [6.45, 7) is 11.7. The Bertz CT molecular complexity index is 416. The molecule has 0 amide bonds. The highest BCUT2D eigenvalue weighted by molar-refractivity contribution is 6.86. The molecule has 0 spiro atoms. The lowest BCUT2D eigenvalue weighted by Gasteiger charge is -2.31. The number of hydrogen-bond acceptors (Lipinski definition) is 2. The molecule has 3 heteroatoms. The van der Waals surface area contributed by atoms with Crippen LogP contribution in [-0.4, -0.2) is 34.0 Å². The van der Waals surface area contributed by atoms with E-state index < -0.39 is 8.07 Å². The smallest absolute Gasteiger partial charge is 0.135 e. The van der Waals surface area contributed by atoms with Crippen molar-refractivity contribution in [3.05, 3.63) is 0 Å². The molecule has 0 saturated heterocycles. The third kappa shape index (κ3) is 13.8. The van der Waals surface area contributed by atoms with E-state index in [1.54, 1.807) is 0 Å². The van der Waals surface area contributed by atoms with Crippen molar-refractivity contribution in [1.82, 2.24) is 0 Å². The molecule has 2 nitrogen and oxygen atoms in total. The average Bonchev–Trinajstić information content (AvgIpc) is 2.68. The van der Waals surface area contributed by atoms with Crippen LogP contribution in [-0.2, 0) is 9.47 Å². The van der Waals surface area contributed by atoms with Gasteiger partial charge in [-0.15, -0.1) is 11.5 Å². The van der Waals surface area contributed by atoms with Gasteiger partial charge in [-0.3, -0.25) is 0 Å². The summed E-state index contributed by atoms with van der Waals surface area (Å²) in [5.41, 5.74) is 4.71. The molecule has 0 aromatic carbocycles. The molecule has 0 unspecified atom stereocenters. The molecule has 0 radical (unpaired) electrons. The zero-order valence-electron chi connectivity index (χ0n) is 19.5. The third-order valence-electron chi connectivity index (χ3n) is 6.01. The van der Waals surface area contributed by atoms with Crippen LogP contribution in [0.15, 0.2) is 0 Å². The van der Waals surface area contributed by atoms with Gasteiger partial charge < -0.3 is 9.47 Å². The topological polar surface area (TPSA) is 18.5 Å². The molecule has 0 aromatic heterocycles. The van der Waals surface area contributed by atoms with Gasteiger partial charge in [0, 0.05) is 26.2 Å². The molecule has 0 atom stereocenters. The van der Waals surface area contributed by atoms with Crippen LogP contribution in [0.25, 0.3) is 0 Å². The quantitative estimate of drug-likeness (QED) is 0.158. The van der Waals surface area contributed by atoms with E-state index in [9.17, 15) is 0 Å². The van der Waals surface area contributed by atoms with E-state index in [1.165, 1.54) is 77.0 Å². The summed E-state index contributed by atoms with van der Waals surface area (Å²) in [4.78, 5) is 0. The molecule has 1 fully saturated rings. The average molecular weight is 409 g/mol. The van der Waals surface area contributed by atoms with Crippen LogP contribution in [0, 0.1) is 11.5 Å². The van der Waals surface area contributed by atoms with E-state index in [2.05, 4.69) is 38.4 Å². The lowest BCUT2D eigenvalue weighted by atomic mass is 10.0. The number of ether oxygens (including phenoxy) is 2. The van der Waals surface area contributed by atoms with E-state index in [1.807, 2.05) is 0 Å². The molecule has 1 aliphatic carbocycles. The number of hydrogen-bond donors (Lipinski definition) is 0. The first kappa shape index (κ1) is 25.7. The van der Waals surface area contributed by atoms with Crippen molar-refractivity contribution in [1.29, 1.82) is 0 Å². The first-order valence-corrected chi connectivity index (χ1v) is 15.3. The Hall–Kier alpha value is -0.303. The molecule has 28 heavy (non-hydrogen) atoms. The highest BCUT2D eigenvalue weighted by Crippen LogP contribution is 2.36. The second kappa shape index (κ2) is 16.5. The van der Waals surface area contributed by atoms with Gasteiger partial charge in [0.25, 0.3) is 0 Å². The van der Waals surface area contributed by atoms with Crippen molar-refractivity contribution >= 4 is 8.07 Å². The van der Waals surface area contributed by atoms with E-state index in [-0.39, 0.29) is 0 Å². The van der Waals surface area contributed by atoms with Crippen LogP contribution in [0.5, 0.6) is 0 Å². The van der Waals surface area contributed by atoms with Crippen molar-refractivity contribution in [3.8, 4) is 11.5 Å². The number of unbranched alkanes of at least 4 members (excludes halogenated alkanes) is 7. The van der Waals surface area contributed by atoms with Crippen molar-refractivity contribution in [2.45, 2.75) is 128 Å². The molecule has 0 bridgehead atoms. The predicted molar refractivity (Wildman–Crippen MR) is 126 cm³/mol. The minimum absolute atomic E-state index is 0.335. The molecule has 0 aromatic rings. The Labute approximate surface area is 177 Å². The highest BCUT2D eigenvalue weighted by Gasteiger charge is 2.31. The largest absolute Gasteiger partial charge is 0.381 e. The van der Waals surface area contributed by atoms with E-state index in [0.29, 0.717) is 6.10 Å². The number of rotatable bonds is 15. The Morgan fingerprint density at radius 1 is 0.786 bits per heavy atom. The van der Waals surface area contributed by atoms with Crippen molar-refractivity contribution in [3.63, 3.8) is 0 Å². The summed E-state index contributed by atoms with van der Waals surface area (Å²) >= 11 is 0. The van der Waals surface area contributed by atoms with Crippen LogP contribution in [0.2, 0.25) is 18.6 Å². The normalized spacial score (nSPS) is 15.6. The van der Waals surface area contributed by atoms with Gasteiger partial charge >= 0.3 is 0 Å². The van der Waals surface area contributed by atoms with Crippen LogP contribution in [0.4, 0.5) is 0 Å². The van der Waals surface area contributed by atoms with Gasteiger partial charge in [-0.2, -0.15) is 0 Å². The summed E-state index contributed by atoms with van der Waals surface area (Å²) in [5.74, 6) is 3.56. The van der Waals surface area contributed by atoms with Gasteiger partial charge in [0.1, 0.15) is 8.07 Å². The molecule has 1 rings (SSSR count). The zero-order valence-corrected chi connectivity index (χ0v) is 20.5. The van der Waals surface area contributed by atoms with Crippen LogP contribution in [0.3, 0.4) is 0 Å². The lowest BCUT2D eigenvalue weighted by Crippen LogP contribution is -2.32. The molecule has 0 N–H and O–H groups in total. The van der Waals surface area contributed by atoms with Crippen LogP contribution in [0.1, 0.15) is 104 Å². The highest BCUT2D eigenvalue weighted by atomic mass is 28.3. The minimum atomic E-state index is -1.29. The van der Waals surface area contributed by atoms with Gasteiger partial charge in [-0.05, 0) is 38.7 Å². The summed E-state index contributed by atoms with van der Waals surface area (Å²) < 4.78 is 11.2. The fourth-order valence-electron chi connectivity index (χ4n) is 4.10. The summed E-state index contributed by atoms with van der Waals surface area (Å²) in [6.07, 6.45) is 19.0. The molecule has 1 saturated carbocycles. The monoisotopic (exact) mass is 408 g/mol. The van der Waals surface area contributed by atoms with Crippen molar-refractivity contribution in [2.24, 2.45) is 0 Å². The SMILES string of the molecule is CC(C)OCCCOCCCCCCCCCC#C[Si](C)(C)C1CCCCC1. The first-order chi connectivity index (χ1) is 13.5. The lowest BCUT2D eigenvalue weighted by molar-refractivity contribution is 0.0507. The van der Waals surface area contributed by atoms with E-state index >= 15 is 0 Å². The Morgan fingerprint density at radius 3 is 2.07 bits per heavy atom. The maximum Gasteiger partial charge on any atom is 0.135 e. The van der Waals surface area contributed by atoms with Gasteiger partial charge in [-0.1, -0.05) is 77.3 Å². The summed E-state index contributed by atoms with van der Waals surface area (Å²) in [6, 6.07) is 0. The molecule has 1 aliphatic rings. The standard InChI is InChI=1S/C25H48O2Si/c1-24(2)27-22-17-21-26-20-15-10-8-6-5-7-9-11-16-23-28(3,4)25-18-13-12-14-19-25/h24-25H,5-15,17-22H2,1-4H3. The van der Waals surface area contributed by atoms with Crippen LogP contribution >= 0.6 is 0 Å². The molecular formula is C25H48O2Si. The second-order valence-electron chi connectivity index (χ2n) is 9.47. The molecule has 0 aliphatic heterocycles. The second-order valence-corrected chi connectivity index (χ2v) is 14.0. The zero-order chi connectivity index (χ0) is 20.5. The maximum atomic E-state index is 5.67. The van der Waals surface area contributed by atoms with Gasteiger partial charge in [0.05, 0.1) is 6.10 Å². The van der Waals surface area contributed by atoms with Gasteiger partial charge in [0.2, 0.25) is 0 Å². The summed E-state index contributed by atoms with van der Waals surface area (Å²) in [7, 11) is -1.29. The third-order valence-corrected chi connectivity index (χ3v) is 9.45. The van der Waals surface area contributed by atoms with E-state index in [0.717, 1.165) is 38.2 Å². The van der Waals surface area contributed by atoms with Crippen molar-refractivity contribution in [2.75, 3.05) is 19.8 Å².